The fraction of sp³-hybridized carbons (Fsp3) is 0.630. The largest absolute Gasteiger partial charge is 0.497 e. The zero-order valence-corrected chi connectivity index (χ0v) is 20.6. The van der Waals surface area contributed by atoms with E-state index in [9.17, 15) is 9.59 Å². The molecule has 1 aromatic heterocycles. The number of carbonyl (C=O) groups is 1. The molecule has 176 valence electrons. The Morgan fingerprint density at radius 1 is 1.19 bits per heavy atom. The van der Waals surface area contributed by atoms with E-state index >= 15 is 0 Å². The third-order valence-electron chi connectivity index (χ3n) is 6.51. The number of amides is 1. The topological polar surface area (TPSA) is 62.4 Å². The van der Waals surface area contributed by atoms with Crippen LogP contribution in [-0.4, -0.2) is 36.0 Å². The van der Waals surface area contributed by atoms with E-state index in [1.807, 2.05) is 23.1 Å². The van der Waals surface area contributed by atoms with E-state index in [1.54, 1.807) is 7.11 Å². The van der Waals surface area contributed by atoms with Crippen molar-refractivity contribution in [1.82, 2.24) is 9.88 Å². The third-order valence-corrected chi connectivity index (χ3v) is 6.51. The first-order valence-corrected chi connectivity index (χ1v) is 12.2. The lowest BCUT2D eigenvalue weighted by atomic mass is 9.89. The van der Waals surface area contributed by atoms with Gasteiger partial charge in [-0.3, -0.25) is 9.59 Å². The number of nitrogens with zero attached hydrogens (tertiary/aromatic N) is 1. The number of hydrogen-bond donors (Lipinski definition) is 1. The maximum Gasteiger partial charge on any atom is 0.252 e. The van der Waals surface area contributed by atoms with Crippen molar-refractivity contribution < 1.29 is 9.53 Å². The highest BCUT2D eigenvalue weighted by Gasteiger charge is 2.28. The number of pyridine rings is 1. The quantitative estimate of drug-likeness (QED) is 0.501. The van der Waals surface area contributed by atoms with Crippen molar-refractivity contribution in [2.75, 3.05) is 20.2 Å². The number of nitrogens with one attached hydrogen (secondary N) is 1. The summed E-state index contributed by atoms with van der Waals surface area (Å²) in [5, 5.41) is 0.963. The van der Waals surface area contributed by atoms with E-state index in [1.165, 1.54) is 0 Å². The van der Waals surface area contributed by atoms with Gasteiger partial charge < -0.3 is 14.6 Å². The third kappa shape index (κ3) is 5.93. The van der Waals surface area contributed by atoms with E-state index in [4.69, 9.17) is 4.74 Å². The normalized spacial score (nSPS) is 14.8. The van der Waals surface area contributed by atoms with Crippen LogP contribution in [0.1, 0.15) is 89.7 Å². The van der Waals surface area contributed by atoms with Crippen LogP contribution < -0.4 is 10.3 Å². The number of aromatic nitrogens is 1. The molecule has 2 aromatic rings. The second-order valence-corrected chi connectivity index (χ2v) is 10.5. The fourth-order valence-corrected chi connectivity index (χ4v) is 5.01. The van der Waals surface area contributed by atoms with Crippen LogP contribution in [0.4, 0.5) is 0 Å². The minimum absolute atomic E-state index is 0.0275. The zero-order valence-electron chi connectivity index (χ0n) is 20.6. The van der Waals surface area contributed by atoms with E-state index < -0.39 is 0 Å². The molecule has 1 aliphatic rings. The molecule has 0 bridgehead atoms. The SMILES string of the molecule is CCCCCN(CC(C)(C)C)C(=O)Cc1c(C2CCCC2)c(=O)[nH]c2cc(OC)ccc12. The van der Waals surface area contributed by atoms with Crippen LogP contribution in [0.3, 0.4) is 0 Å². The molecule has 0 radical (unpaired) electrons. The summed E-state index contributed by atoms with van der Waals surface area (Å²) in [4.78, 5) is 31.9. The van der Waals surface area contributed by atoms with Gasteiger partial charge in [0.2, 0.25) is 5.91 Å². The Hall–Kier alpha value is -2.30. The van der Waals surface area contributed by atoms with Gasteiger partial charge in [0.05, 0.1) is 19.0 Å². The highest BCUT2D eigenvalue weighted by atomic mass is 16.5. The average molecular weight is 441 g/mol. The van der Waals surface area contributed by atoms with Gasteiger partial charge in [-0.25, -0.2) is 0 Å². The lowest BCUT2D eigenvalue weighted by molar-refractivity contribution is -0.131. The molecule has 1 aliphatic carbocycles. The Labute approximate surface area is 192 Å². The first-order chi connectivity index (χ1) is 15.2. The fourth-order valence-electron chi connectivity index (χ4n) is 5.01. The molecule has 0 aliphatic heterocycles. The van der Waals surface area contributed by atoms with Gasteiger partial charge in [-0.15, -0.1) is 0 Å². The van der Waals surface area contributed by atoms with Gasteiger partial charge in [-0.2, -0.15) is 0 Å². The number of fused-ring (bicyclic) bond motifs is 1. The first-order valence-electron chi connectivity index (χ1n) is 12.2. The van der Waals surface area contributed by atoms with Gasteiger partial charge in [0.15, 0.2) is 0 Å². The molecule has 1 N–H and O–H groups in total. The van der Waals surface area contributed by atoms with Crippen molar-refractivity contribution in [2.24, 2.45) is 5.41 Å². The van der Waals surface area contributed by atoms with Crippen molar-refractivity contribution in [1.29, 1.82) is 0 Å². The van der Waals surface area contributed by atoms with Gasteiger partial charge in [0.25, 0.3) is 5.56 Å². The number of aromatic amines is 1. The summed E-state index contributed by atoms with van der Waals surface area (Å²) in [6.07, 6.45) is 7.87. The number of hydrogen-bond acceptors (Lipinski definition) is 3. The molecule has 1 saturated carbocycles. The van der Waals surface area contributed by atoms with Crippen LogP contribution in [0.5, 0.6) is 5.75 Å². The molecule has 0 saturated heterocycles. The van der Waals surface area contributed by atoms with Crippen molar-refractivity contribution in [3.05, 3.63) is 39.7 Å². The van der Waals surface area contributed by atoms with Crippen LogP contribution in [0, 0.1) is 5.41 Å². The zero-order chi connectivity index (χ0) is 23.3. The summed E-state index contributed by atoms with van der Waals surface area (Å²) >= 11 is 0. The Balaban J connectivity index is 2.02. The van der Waals surface area contributed by atoms with E-state index in [-0.39, 0.29) is 29.2 Å². The van der Waals surface area contributed by atoms with Gasteiger partial charge in [0, 0.05) is 30.1 Å². The molecular formula is C27H40N2O3. The number of benzene rings is 1. The summed E-state index contributed by atoms with van der Waals surface area (Å²) in [5.41, 5.74) is 2.47. The maximum absolute atomic E-state index is 13.6. The molecule has 1 fully saturated rings. The number of rotatable bonds is 9. The van der Waals surface area contributed by atoms with Crippen LogP contribution >= 0.6 is 0 Å². The predicted molar refractivity (Wildman–Crippen MR) is 132 cm³/mol. The monoisotopic (exact) mass is 440 g/mol. The number of unbranched alkanes of at least 4 members (excludes halogenated alkanes) is 2. The summed E-state index contributed by atoms with van der Waals surface area (Å²) in [7, 11) is 1.62. The molecule has 0 unspecified atom stereocenters. The van der Waals surface area contributed by atoms with Crippen molar-refractivity contribution in [3.8, 4) is 5.75 Å². The Morgan fingerprint density at radius 3 is 2.53 bits per heavy atom. The predicted octanol–water partition coefficient (Wildman–Crippen LogP) is 5.80. The summed E-state index contributed by atoms with van der Waals surface area (Å²) < 4.78 is 5.36. The molecule has 5 heteroatoms. The van der Waals surface area contributed by atoms with Crippen LogP contribution in [-0.2, 0) is 11.2 Å². The van der Waals surface area contributed by atoms with E-state index in [0.717, 1.165) is 80.1 Å². The number of methoxy groups -OCH3 is 1. The second-order valence-electron chi connectivity index (χ2n) is 10.5. The Kier molecular flexibility index (Phi) is 8.02. The number of H-pyrrole nitrogens is 1. The molecule has 3 rings (SSSR count). The maximum atomic E-state index is 13.6. The summed E-state index contributed by atoms with van der Waals surface area (Å²) in [6.45, 7) is 10.2. The van der Waals surface area contributed by atoms with Gasteiger partial charge in [-0.05, 0) is 48.3 Å². The second kappa shape index (κ2) is 10.5. The van der Waals surface area contributed by atoms with E-state index in [0.29, 0.717) is 5.75 Å². The lowest BCUT2D eigenvalue weighted by Crippen LogP contribution is -2.39. The average Bonchev–Trinajstić information content (AvgIpc) is 3.26. The minimum Gasteiger partial charge on any atom is -0.497 e. The molecule has 5 nitrogen and oxygen atoms in total. The van der Waals surface area contributed by atoms with Crippen molar-refractivity contribution in [3.63, 3.8) is 0 Å². The van der Waals surface area contributed by atoms with Gasteiger partial charge in [0.1, 0.15) is 5.75 Å². The minimum atomic E-state index is -0.0474. The molecule has 32 heavy (non-hydrogen) atoms. The van der Waals surface area contributed by atoms with Crippen LogP contribution in [0.25, 0.3) is 10.9 Å². The molecule has 0 spiro atoms. The molecule has 1 heterocycles. The Bertz CT molecular complexity index is 981. The highest BCUT2D eigenvalue weighted by molar-refractivity contribution is 5.90. The molecule has 1 amide bonds. The lowest BCUT2D eigenvalue weighted by Gasteiger charge is -2.31. The summed E-state index contributed by atoms with van der Waals surface area (Å²) in [6, 6.07) is 5.77. The van der Waals surface area contributed by atoms with Crippen LogP contribution in [0.2, 0.25) is 0 Å². The molecule has 1 aromatic carbocycles. The highest BCUT2D eigenvalue weighted by Crippen LogP contribution is 2.36. The molecular weight excluding hydrogens is 400 g/mol. The Morgan fingerprint density at radius 2 is 1.91 bits per heavy atom. The van der Waals surface area contributed by atoms with Gasteiger partial charge >= 0.3 is 0 Å². The van der Waals surface area contributed by atoms with Crippen molar-refractivity contribution in [2.45, 2.75) is 85.0 Å². The van der Waals surface area contributed by atoms with Crippen LogP contribution in [0.15, 0.2) is 23.0 Å². The molecule has 0 atom stereocenters. The first kappa shape index (κ1) is 24.3. The number of carbonyl (C=O) groups excluding carboxylic acids is 1. The number of ether oxygens (including phenoxy) is 1. The van der Waals surface area contributed by atoms with Gasteiger partial charge in [-0.1, -0.05) is 53.4 Å². The summed E-state index contributed by atoms with van der Waals surface area (Å²) in [5.74, 6) is 1.06. The van der Waals surface area contributed by atoms with E-state index in [2.05, 4.69) is 32.7 Å². The smallest absolute Gasteiger partial charge is 0.252 e. The standard InChI is InChI=1S/C27H40N2O3/c1-6-7-10-15-29(18-27(2,3)4)24(30)17-22-21-14-13-20(32-5)16-23(21)28-26(31)25(22)19-11-8-9-12-19/h13-14,16,19H,6-12,15,17-18H2,1-5H3,(H,28,31). The van der Waals surface area contributed by atoms with Crippen molar-refractivity contribution >= 4 is 16.8 Å².